The van der Waals surface area contributed by atoms with E-state index in [-0.39, 0.29) is 11.7 Å². The van der Waals surface area contributed by atoms with Crippen molar-refractivity contribution in [3.05, 3.63) is 38.6 Å². The van der Waals surface area contributed by atoms with E-state index in [9.17, 15) is 9.59 Å². The molecule has 2 N–H and O–H groups in total. The standard InChI is InChI=1S/C19H22N4O3S2/c1-3-26-19(25)23-8-6-22(7-9-23)10-15-20-17(24)16-13(11-27-18(16)21-15)14-5-4-12(2)28-14/h4-5,11H,3,6-10H2,1-2H3,(H,20,21,24)/p+1. The minimum absolute atomic E-state index is 0.0770. The third-order valence-corrected chi connectivity index (χ3v) is 6.82. The molecule has 148 valence electrons. The second-order valence-electron chi connectivity index (χ2n) is 6.87. The lowest BCUT2D eigenvalue weighted by Gasteiger charge is -2.31. The molecule has 1 saturated heterocycles. The highest BCUT2D eigenvalue weighted by Crippen LogP contribution is 2.34. The average molecular weight is 420 g/mol. The van der Waals surface area contributed by atoms with Gasteiger partial charge < -0.3 is 14.6 Å². The predicted molar refractivity (Wildman–Crippen MR) is 111 cm³/mol. The number of H-pyrrole nitrogens is 1. The second kappa shape index (κ2) is 8.02. The highest BCUT2D eigenvalue weighted by molar-refractivity contribution is 7.19. The van der Waals surface area contributed by atoms with Gasteiger partial charge >= 0.3 is 6.09 Å². The van der Waals surface area contributed by atoms with Gasteiger partial charge in [0.2, 0.25) is 0 Å². The third-order valence-electron chi connectivity index (χ3n) is 4.91. The first-order valence-electron chi connectivity index (χ1n) is 9.37. The lowest BCUT2D eigenvalue weighted by molar-refractivity contribution is -0.918. The molecule has 9 heteroatoms. The van der Waals surface area contributed by atoms with Crippen LogP contribution in [0.2, 0.25) is 0 Å². The second-order valence-corrected chi connectivity index (χ2v) is 9.01. The van der Waals surface area contributed by atoms with E-state index in [1.807, 2.05) is 12.3 Å². The minimum Gasteiger partial charge on any atom is -0.450 e. The average Bonchev–Trinajstić information content (AvgIpc) is 3.29. The highest BCUT2D eigenvalue weighted by Gasteiger charge is 2.25. The molecular formula is C19H23N4O3S2+. The molecule has 4 heterocycles. The largest absolute Gasteiger partial charge is 0.450 e. The molecule has 0 unspecified atom stereocenters. The van der Waals surface area contributed by atoms with Crippen LogP contribution in [0.4, 0.5) is 4.79 Å². The molecule has 1 amide bonds. The van der Waals surface area contributed by atoms with E-state index >= 15 is 0 Å². The van der Waals surface area contributed by atoms with Crippen molar-refractivity contribution in [1.29, 1.82) is 0 Å². The Kier molecular flexibility index (Phi) is 5.47. The number of aromatic nitrogens is 2. The van der Waals surface area contributed by atoms with Gasteiger partial charge in [0.05, 0.1) is 38.2 Å². The molecule has 1 aliphatic rings. The summed E-state index contributed by atoms with van der Waals surface area (Å²) in [7, 11) is 0. The lowest BCUT2D eigenvalue weighted by Crippen LogP contribution is -3.13. The van der Waals surface area contributed by atoms with Crippen molar-refractivity contribution in [3.8, 4) is 10.4 Å². The summed E-state index contributed by atoms with van der Waals surface area (Å²) in [6.45, 7) is 7.84. The molecule has 1 fully saturated rings. The summed E-state index contributed by atoms with van der Waals surface area (Å²) >= 11 is 3.20. The van der Waals surface area contributed by atoms with Crippen LogP contribution < -0.4 is 10.5 Å². The molecule has 0 atom stereocenters. The molecule has 0 bridgehead atoms. The number of nitrogens with one attached hydrogen (secondary N) is 2. The van der Waals surface area contributed by atoms with E-state index in [2.05, 4.69) is 24.0 Å². The Labute approximate surface area is 170 Å². The molecule has 0 aliphatic carbocycles. The molecule has 0 saturated carbocycles. The normalized spacial score (nSPS) is 15.3. The van der Waals surface area contributed by atoms with Gasteiger partial charge in [-0.1, -0.05) is 0 Å². The zero-order valence-electron chi connectivity index (χ0n) is 15.9. The highest BCUT2D eigenvalue weighted by atomic mass is 32.1. The minimum atomic E-state index is -0.246. The Bertz CT molecular complexity index is 1050. The Morgan fingerprint density at radius 1 is 1.36 bits per heavy atom. The summed E-state index contributed by atoms with van der Waals surface area (Å²) < 4.78 is 5.06. The number of aromatic amines is 1. The number of rotatable bonds is 4. The van der Waals surface area contributed by atoms with E-state index in [0.29, 0.717) is 37.5 Å². The van der Waals surface area contributed by atoms with E-state index in [1.165, 1.54) is 21.1 Å². The number of hydrogen-bond donors (Lipinski definition) is 2. The number of quaternary nitrogens is 1. The Balaban J connectivity index is 1.49. The van der Waals surface area contributed by atoms with Crippen molar-refractivity contribution in [1.82, 2.24) is 14.9 Å². The summed E-state index contributed by atoms with van der Waals surface area (Å²) in [5.74, 6) is 0.702. The van der Waals surface area contributed by atoms with Gasteiger partial charge in [0, 0.05) is 20.7 Å². The summed E-state index contributed by atoms with van der Waals surface area (Å²) in [4.78, 5) is 38.4. The van der Waals surface area contributed by atoms with Gasteiger partial charge in [-0.25, -0.2) is 9.78 Å². The van der Waals surface area contributed by atoms with Crippen molar-refractivity contribution >= 4 is 39.0 Å². The number of hydrogen-bond acceptors (Lipinski definition) is 6. The van der Waals surface area contributed by atoms with Crippen LogP contribution in [-0.4, -0.2) is 53.7 Å². The molecule has 4 rings (SSSR count). The maximum absolute atomic E-state index is 12.8. The van der Waals surface area contributed by atoms with E-state index < -0.39 is 0 Å². The first-order chi connectivity index (χ1) is 13.5. The van der Waals surface area contributed by atoms with Gasteiger partial charge in [0.15, 0.2) is 5.82 Å². The van der Waals surface area contributed by atoms with Gasteiger partial charge in [0.25, 0.3) is 5.56 Å². The van der Waals surface area contributed by atoms with Crippen LogP contribution in [0.25, 0.3) is 20.7 Å². The zero-order valence-corrected chi connectivity index (χ0v) is 17.5. The van der Waals surface area contributed by atoms with Gasteiger partial charge in [-0.2, -0.15) is 0 Å². The molecular weight excluding hydrogens is 396 g/mol. The third kappa shape index (κ3) is 3.82. The SMILES string of the molecule is CCOC(=O)N1CC[NH+](Cc2nc3scc(-c4ccc(C)s4)c3c(=O)[nH]2)CC1. The Hall–Kier alpha value is -2.23. The van der Waals surface area contributed by atoms with Crippen LogP contribution in [0.15, 0.2) is 22.3 Å². The molecule has 0 radical (unpaired) electrons. The van der Waals surface area contributed by atoms with Crippen LogP contribution in [0.5, 0.6) is 0 Å². The molecule has 1 aliphatic heterocycles. The smallest absolute Gasteiger partial charge is 0.410 e. The monoisotopic (exact) mass is 419 g/mol. The van der Waals surface area contributed by atoms with Gasteiger partial charge in [0.1, 0.15) is 11.4 Å². The fourth-order valence-electron chi connectivity index (χ4n) is 3.47. The van der Waals surface area contributed by atoms with Crippen LogP contribution >= 0.6 is 22.7 Å². The molecule has 3 aromatic heterocycles. The van der Waals surface area contributed by atoms with Crippen LogP contribution in [0.1, 0.15) is 17.6 Å². The maximum Gasteiger partial charge on any atom is 0.410 e. The topological polar surface area (TPSA) is 79.7 Å². The van der Waals surface area contributed by atoms with Gasteiger partial charge in [-0.15, -0.1) is 22.7 Å². The molecule has 28 heavy (non-hydrogen) atoms. The maximum atomic E-state index is 12.8. The Morgan fingerprint density at radius 2 is 2.14 bits per heavy atom. The van der Waals surface area contributed by atoms with Gasteiger partial charge in [-0.05, 0) is 26.0 Å². The van der Waals surface area contributed by atoms with E-state index in [1.54, 1.807) is 16.2 Å². The predicted octanol–water partition coefficient (Wildman–Crippen LogP) is 1.88. The molecule has 7 nitrogen and oxygen atoms in total. The number of aryl methyl sites for hydroxylation is 1. The molecule has 3 aromatic rings. The van der Waals surface area contributed by atoms with Crippen molar-refractivity contribution in [3.63, 3.8) is 0 Å². The van der Waals surface area contributed by atoms with Gasteiger partial charge in [-0.3, -0.25) is 9.69 Å². The number of fused-ring (bicyclic) bond motifs is 1. The van der Waals surface area contributed by atoms with Crippen molar-refractivity contribution in [2.24, 2.45) is 0 Å². The van der Waals surface area contributed by atoms with Crippen LogP contribution in [0, 0.1) is 6.92 Å². The number of ether oxygens (including phenoxy) is 1. The van der Waals surface area contributed by atoms with Crippen LogP contribution in [0.3, 0.4) is 0 Å². The van der Waals surface area contributed by atoms with Crippen molar-refractivity contribution in [2.75, 3.05) is 32.8 Å². The first kappa shape index (κ1) is 19.1. The zero-order chi connectivity index (χ0) is 19.7. The molecule has 0 spiro atoms. The van der Waals surface area contributed by atoms with Crippen molar-refractivity contribution in [2.45, 2.75) is 20.4 Å². The number of carbonyl (C=O) groups excluding carboxylic acids is 1. The Morgan fingerprint density at radius 3 is 2.82 bits per heavy atom. The summed E-state index contributed by atoms with van der Waals surface area (Å²) in [6.07, 6.45) is -0.246. The summed E-state index contributed by atoms with van der Waals surface area (Å²) in [6, 6.07) is 4.13. The summed E-state index contributed by atoms with van der Waals surface area (Å²) in [5, 5.41) is 2.70. The van der Waals surface area contributed by atoms with E-state index in [4.69, 9.17) is 9.72 Å². The van der Waals surface area contributed by atoms with E-state index in [0.717, 1.165) is 28.4 Å². The fraction of sp³-hybridized carbons (Fsp3) is 0.421. The lowest BCUT2D eigenvalue weighted by atomic mass is 10.2. The number of amides is 1. The quantitative estimate of drug-likeness (QED) is 0.677. The van der Waals surface area contributed by atoms with Crippen LogP contribution in [-0.2, 0) is 11.3 Å². The number of piperazine rings is 1. The van der Waals surface area contributed by atoms with Crippen molar-refractivity contribution < 1.29 is 14.4 Å². The molecule has 0 aromatic carbocycles. The number of thiophene rings is 2. The summed E-state index contributed by atoms with van der Waals surface area (Å²) in [5.41, 5.74) is 0.890. The fourth-order valence-corrected chi connectivity index (χ4v) is 5.39. The number of carbonyl (C=O) groups is 1. The first-order valence-corrected chi connectivity index (χ1v) is 11.1. The number of nitrogens with zero attached hydrogens (tertiary/aromatic N) is 2.